The van der Waals surface area contributed by atoms with Gasteiger partial charge in [-0.2, -0.15) is 0 Å². The van der Waals surface area contributed by atoms with Crippen molar-refractivity contribution in [3.05, 3.63) is 23.4 Å². The number of carbonyl (C=O) groups excluding carboxylic acids is 2. The number of esters is 2. The van der Waals surface area contributed by atoms with E-state index in [1.165, 1.54) is 19.0 Å². The van der Waals surface area contributed by atoms with Crippen molar-refractivity contribution in [2.45, 2.75) is 78.0 Å². The van der Waals surface area contributed by atoms with Crippen LogP contribution in [-0.2, 0) is 23.8 Å². The minimum absolute atomic E-state index is 0.0735. The maximum absolute atomic E-state index is 11.3. The van der Waals surface area contributed by atoms with E-state index in [2.05, 4.69) is 33.8 Å². The summed E-state index contributed by atoms with van der Waals surface area (Å²) >= 11 is 0. The third kappa shape index (κ3) is 5.54. The largest absolute Gasteiger partial charge is 0.463 e. The van der Waals surface area contributed by atoms with E-state index in [-0.39, 0.29) is 24.6 Å². The van der Waals surface area contributed by atoms with Gasteiger partial charge in [0, 0.05) is 13.8 Å². The molecule has 0 aromatic carbocycles. The summed E-state index contributed by atoms with van der Waals surface area (Å²) in [5.41, 5.74) is 0. The predicted octanol–water partition coefficient (Wildman–Crippen LogP) is 3.80. The molecule has 1 aliphatic heterocycles. The summed E-state index contributed by atoms with van der Waals surface area (Å²) < 4.78 is 16.7. The standard InChI is InChI=1S/C19H32O5Si/c1-7-19(25(8-2,9-3)10-4)17-12-11-16(23-15(6)21)18(24-17)13-22-14(5)20/h7,11-12,16-18H,8-10,13H2,1-6H3/b19-7+/t16-,17-,18+/m0/s1. The van der Waals surface area contributed by atoms with Gasteiger partial charge in [0.15, 0.2) is 0 Å². The van der Waals surface area contributed by atoms with Crippen molar-refractivity contribution in [3.8, 4) is 0 Å². The van der Waals surface area contributed by atoms with Gasteiger partial charge >= 0.3 is 11.9 Å². The lowest BCUT2D eigenvalue weighted by atomic mass is 10.1. The third-order valence-corrected chi connectivity index (χ3v) is 11.0. The summed E-state index contributed by atoms with van der Waals surface area (Å²) in [6.45, 7) is 11.6. The Bertz CT molecular complexity index is 514. The molecule has 0 aromatic heterocycles. The second-order valence-corrected chi connectivity index (χ2v) is 11.7. The maximum atomic E-state index is 11.3. The van der Waals surface area contributed by atoms with Crippen LogP contribution in [0.5, 0.6) is 0 Å². The van der Waals surface area contributed by atoms with E-state index in [9.17, 15) is 9.59 Å². The quantitative estimate of drug-likeness (QED) is 0.370. The van der Waals surface area contributed by atoms with E-state index in [0.29, 0.717) is 0 Å². The van der Waals surface area contributed by atoms with Gasteiger partial charge in [0.1, 0.15) is 18.8 Å². The van der Waals surface area contributed by atoms with Crippen LogP contribution in [-0.4, -0.2) is 44.9 Å². The summed E-state index contributed by atoms with van der Waals surface area (Å²) in [6.07, 6.45) is 4.86. The fraction of sp³-hybridized carbons (Fsp3) is 0.684. The molecule has 0 fully saturated rings. The molecule has 0 saturated heterocycles. The molecule has 5 nitrogen and oxygen atoms in total. The minimum atomic E-state index is -1.59. The van der Waals surface area contributed by atoms with E-state index in [4.69, 9.17) is 14.2 Å². The number of allylic oxidation sites excluding steroid dienone is 1. The highest BCUT2D eigenvalue weighted by molar-refractivity contribution is 6.86. The van der Waals surface area contributed by atoms with Gasteiger partial charge < -0.3 is 14.2 Å². The normalized spacial score (nSPS) is 24.1. The lowest BCUT2D eigenvalue weighted by molar-refractivity contribution is -0.161. The first kappa shape index (κ1) is 21.6. The second kappa shape index (κ2) is 9.92. The molecule has 1 aliphatic rings. The zero-order valence-corrected chi connectivity index (χ0v) is 17.3. The van der Waals surface area contributed by atoms with Gasteiger partial charge in [-0.15, -0.1) is 0 Å². The Hall–Kier alpha value is -1.40. The van der Waals surface area contributed by atoms with E-state index in [0.717, 1.165) is 18.1 Å². The number of hydrogen-bond acceptors (Lipinski definition) is 5. The molecule has 0 bridgehead atoms. The second-order valence-electron chi connectivity index (χ2n) is 6.44. The molecule has 0 spiro atoms. The van der Waals surface area contributed by atoms with Crippen molar-refractivity contribution in [1.29, 1.82) is 0 Å². The number of rotatable bonds is 8. The van der Waals surface area contributed by atoms with Gasteiger partial charge in [0.05, 0.1) is 14.2 Å². The maximum Gasteiger partial charge on any atom is 0.303 e. The summed E-state index contributed by atoms with van der Waals surface area (Å²) in [7, 11) is -1.59. The Morgan fingerprint density at radius 3 is 2.12 bits per heavy atom. The molecule has 0 unspecified atom stereocenters. The highest BCUT2D eigenvalue weighted by Gasteiger charge is 2.39. The number of hydrogen-bond donors (Lipinski definition) is 0. The zero-order chi connectivity index (χ0) is 19.0. The predicted molar refractivity (Wildman–Crippen MR) is 101 cm³/mol. The van der Waals surface area contributed by atoms with Gasteiger partial charge in [-0.1, -0.05) is 56.3 Å². The molecule has 3 atom stereocenters. The number of carbonyl (C=O) groups is 2. The summed E-state index contributed by atoms with van der Waals surface area (Å²) in [5, 5.41) is 1.37. The molecular formula is C19H32O5Si. The first-order chi connectivity index (χ1) is 11.8. The summed E-state index contributed by atoms with van der Waals surface area (Å²) in [4.78, 5) is 22.5. The molecule has 6 heteroatoms. The Morgan fingerprint density at radius 2 is 1.68 bits per heavy atom. The molecule has 0 saturated carbocycles. The van der Waals surface area contributed by atoms with Gasteiger partial charge in [0.25, 0.3) is 0 Å². The van der Waals surface area contributed by atoms with E-state index >= 15 is 0 Å². The van der Waals surface area contributed by atoms with Gasteiger partial charge in [-0.05, 0) is 13.0 Å². The minimum Gasteiger partial charge on any atom is -0.463 e. The molecule has 0 aliphatic carbocycles. The third-order valence-electron chi connectivity index (χ3n) is 5.18. The molecule has 0 aromatic rings. The van der Waals surface area contributed by atoms with E-state index in [1.54, 1.807) is 0 Å². The van der Waals surface area contributed by atoms with Crippen LogP contribution in [0.15, 0.2) is 23.4 Å². The fourth-order valence-corrected chi connectivity index (χ4v) is 7.70. The van der Waals surface area contributed by atoms with Crippen molar-refractivity contribution in [2.75, 3.05) is 6.61 Å². The van der Waals surface area contributed by atoms with Crippen molar-refractivity contribution in [1.82, 2.24) is 0 Å². The molecule has 1 rings (SSSR count). The molecule has 0 amide bonds. The highest BCUT2D eigenvalue weighted by Crippen LogP contribution is 2.34. The smallest absolute Gasteiger partial charge is 0.303 e. The Balaban J connectivity index is 3.08. The topological polar surface area (TPSA) is 61.8 Å². The van der Waals surface area contributed by atoms with Crippen LogP contribution in [0.4, 0.5) is 0 Å². The average Bonchev–Trinajstić information content (AvgIpc) is 2.58. The summed E-state index contributed by atoms with van der Waals surface area (Å²) in [5.74, 6) is -0.753. The van der Waals surface area contributed by atoms with Crippen molar-refractivity contribution in [2.24, 2.45) is 0 Å². The molecule has 0 N–H and O–H groups in total. The molecule has 142 valence electrons. The average molecular weight is 369 g/mol. The highest BCUT2D eigenvalue weighted by atomic mass is 28.3. The van der Waals surface area contributed by atoms with Crippen LogP contribution < -0.4 is 0 Å². The fourth-order valence-electron chi connectivity index (χ4n) is 3.60. The van der Waals surface area contributed by atoms with Crippen LogP contribution >= 0.6 is 0 Å². The first-order valence-corrected chi connectivity index (χ1v) is 11.8. The van der Waals surface area contributed by atoms with Crippen molar-refractivity contribution < 1.29 is 23.8 Å². The van der Waals surface area contributed by atoms with E-state index < -0.39 is 20.3 Å². The molecular weight excluding hydrogens is 336 g/mol. The van der Waals surface area contributed by atoms with Crippen molar-refractivity contribution >= 4 is 20.0 Å². The Kier molecular flexibility index (Phi) is 8.59. The van der Waals surface area contributed by atoms with Crippen molar-refractivity contribution in [3.63, 3.8) is 0 Å². The molecule has 0 radical (unpaired) electrons. The molecule has 1 heterocycles. The van der Waals surface area contributed by atoms with Crippen LogP contribution in [0, 0.1) is 0 Å². The number of ether oxygens (including phenoxy) is 3. The Labute approximate surface area is 152 Å². The van der Waals surface area contributed by atoms with Crippen LogP contribution in [0.2, 0.25) is 18.1 Å². The Morgan fingerprint density at radius 1 is 1.08 bits per heavy atom. The zero-order valence-electron chi connectivity index (χ0n) is 16.3. The van der Waals surface area contributed by atoms with Crippen LogP contribution in [0.3, 0.4) is 0 Å². The monoisotopic (exact) mass is 368 g/mol. The lowest BCUT2D eigenvalue weighted by Gasteiger charge is -2.39. The van der Waals surface area contributed by atoms with Gasteiger partial charge in [0.2, 0.25) is 0 Å². The van der Waals surface area contributed by atoms with Gasteiger partial charge in [-0.3, -0.25) is 9.59 Å². The summed E-state index contributed by atoms with van der Waals surface area (Å²) in [6, 6.07) is 3.49. The molecule has 25 heavy (non-hydrogen) atoms. The van der Waals surface area contributed by atoms with Gasteiger partial charge in [-0.25, -0.2) is 0 Å². The SMILES string of the molecule is C/C=C(\[C@@H]1C=C[C@H](OC(C)=O)[C@@H](COC(C)=O)O1)[Si](CC)(CC)CC. The lowest BCUT2D eigenvalue weighted by Crippen LogP contribution is -2.47. The van der Waals surface area contributed by atoms with Crippen LogP contribution in [0.25, 0.3) is 0 Å². The first-order valence-electron chi connectivity index (χ1n) is 9.14. The van der Waals surface area contributed by atoms with E-state index in [1.807, 2.05) is 12.2 Å². The van der Waals surface area contributed by atoms with Crippen LogP contribution in [0.1, 0.15) is 41.5 Å².